The molecule has 0 aromatic carbocycles. The highest BCUT2D eigenvalue weighted by Crippen LogP contribution is 2.41. The van der Waals surface area contributed by atoms with Crippen LogP contribution in [0.4, 0.5) is 5.82 Å². The number of nitrogens with zero attached hydrogens (tertiary/aromatic N) is 4. The molecule has 1 unspecified atom stereocenters. The number of fused-ring (bicyclic) bond motifs is 1. The first kappa shape index (κ1) is 16.0. The molecule has 3 rings (SSSR count). The van der Waals surface area contributed by atoms with Crippen LogP contribution in [0.3, 0.4) is 0 Å². The second kappa shape index (κ2) is 5.65. The molecule has 2 aromatic rings. The number of nitrogen functional groups attached to an aromatic ring is 1. The summed E-state index contributed by atoms with van der Waals surface area (Å²) in [5.74, 6) is 0.181. The Hall–Kier alpha value is -1.85. The molecule has 1 saturated heterocycles. The number of aliphatic hydroxyl groups is 3. The Balaban J connectivity index is 2.22. The van der Waals surface area contributed by atoms with Crippen LogP contribution < -0.4 is 5.73 Å². The fraction of sp³-hybridized carbons (Fsp3) is 0.615. The highest BCUT2D eigenvalue weighted by atomic mass is 16.6. The largest absolute Gasteiger partial charge is 0.394 e. The van der Waals surface area contributed by atoms with E-state index in [0.717, 1.165) is 0 Å². The van der Waals surface area contributed by atoms with Crippen molar-refractivity contribution in [3.63, 3.8) is 0 Å². The molecule has 5 N–H and O–H groups in total. The molecular formula is C13H19N5O5. The van der Waals surface area contributed by atoms with Crippen LogP contribution in [0, 0.1) is 0 Å². The van der Waals surface area contributed by atoms with E-state index in [1.54, 1.807) is 6.92 Å². The van der Waals surface area contributed by atoms with Crippen LogP contribution in [0.2, 0.25) is 0 Å². The Morgan fingerprint density at radius 2 is 2.17 bits per heavy atom. The van der Waals surface area contributed by atoms with Gasteiger partial charge in [-0.25, -0.2) is 15.0 Å². The second-order valence-electron chi connectivity index (χ2n) is 5.45. The Morgan fingerprint density at radius 1 is 1.43 bits per heavy atom. The molecule has 0 spiro atoms. The molecule has 0 amide bonds. The highest BCUT2D eigenvalue weighted by molar-refractivity contribution is 5.81. The smallest absolute Gasteiger partial charge is 0.202 e. The van der Waals surface area contributed by atoms with Gasteiger partial charge in [0, 0.05) is 7.11 Å². The van der Waals surface area contributed by atoms with Crippen molar-refractivity contribution in [1.82, 2.24) is 19.5 Å². The fourth-order valence-corrected chi connectivity index (χ4v) is 2.98. The average molecular weight is 325 g/mol. The molecule has 3 heterocycles. The lowest BCUT2D eigenvalue weighted by Gasteiger charge is -2.37. The summed E-state index contributed by atoms with van der Waals surface area (Å²) in [6.45, 7) is 1.21. The fourth-order valence-electron chi connectivity index (χ4n) is 2.98. The zero-order valence-corrected chi connectivity index (χ0v) is 12.7. The summed E-state index contributed by atoms with van der Waals surface area (Å²) in [7, 11) is 1.45. The third-order valence-electron chi connectivity index (χ3n) is 4.32. The summed E-state index contributed by atoms with van der Waals surface area (Å²) in [6.07, 6.45) is -1.67. The lowest BCUT2D eigenvalue weighted by molar-refractivity contribution is -0.208. The third-order valence-corrected chi connectivity index (χ3v) is 4.32. The van der Waals surface area contributed by atoms with Gasteiger partial charge in [0.1, 0.15) is 36.3 Å². The van der Waals surface area contributed by atoms with Crippen LogP contribution in [-0.2, 0) is 15.2 Å². The van der Waals surface area contributed by atoms with Crippen molar-refractivity contribution in [2.45, 2.75) is 37.1 Å². The monoisotopic (exact) mass is 325 g/mol. The van der Waals surface area contributed by atoms with Crippen molar-refractivity contribution in [2.24, 2.45) is 0 Å². The maximum absolute atomic E-state index is 10.6. The van der Waals surface area contributed by atoms with Gasteiger partial charge in [-0.1, -0.05) is 0 Å². The van der Waals surface area contributed by atoms with Gasteiger partial charge in [0.15, 0.2) is 11.5 Å². The number of nitrogens with two attached hydrogens (primary N) is 1. The van der Waals surface area contributed by atoms with E-state index in [9.17, 15) is 15.3 Å². The first-order chi connectivity index (χ1) is 11.0. The van der Waals surface area contributed by atoms with E-state index < -0.39 is 36.7 Å². The molecule has 1 aliphatic rings. The van der Waals surface area contributed by atoms with Crippen molar-refractivity contribution < 1.29 is 24.8 Å². The van der Waals surface area contributed by atoms with Crippen LogP contribution in [0.15, 0.2) is 12.7 Å². The number of aromatic nitrogens is 4. The van der Waals surface area contributed by atoms with Gasteiger partial charge in [-0.15, -0.1) is 0 Å². The van der Waals surface area contributed by atoms with Gasteiger partial charge in [-0.3, -0.25) is 4.57 Å². The lowest BCUT2D eigenvalue weighted by atomic mass is 9.97. The summed E-state index contributed by atoms with van der Waals surface area (Å²) in [6, 6.07) is 0. The molecule has 2 aromatic heterocycles. The molecular weight excluding hydrogens is 306 g/mol. The van der Waals surface area contributed by atoms with Gasteiger partial charge in [0.25, 0.3) is 0 Å². The van der Waals surface area contributed by atoms with Crippen LogP contribution in [0.5, 0.6) is 0 Å². The van der Waals surface area contributed by atoms with E-state index in [-0.39, 0.29) is 5.82 Å². The van der Waals surface area contributed by atoms with Gasteiger partial charge in [0.2, 0.25) is 5.72 Å². The molecule has 0 bridgehead atoms. The number of ether oxygens (including phenoxy) is 2. The Kier molecular flexibility index (Phi) is 3.94. The third kappa shape index (κ3) is 2.11. The van der Waals surface area contributed by atoms with E-state index in [2.05, 4.69) is 15.0 Å². The van der Waals surface area contributed by atoms with E-state index in [1.807, 2.05) is 0 Å². The van der Waals surface area contributed by atoms with Crippen LogP contribution in [0.1, 0.15) is 6.92 Å². The molecule has 0 saturated carbocycles. The molecule has 1 aliphatic heterocycles. The zero-order valence-electron chi connectivity index (χ0n) is 12.7. The van der Waals surface area contributed by atoms with Gasteiger partial charge in [0.05, 0.1) is 12.9 Å². The predicted octanol–water partition coefficient (Wildman–Crippen LogP) is -1.79. The van der Waals surface area contributed by atoms with Crippen LogP contribution in [0.25, 0.3) is 11.2 Å². The maximum atomic E-state index is 10.6. The normalized spacial score (nSPS) is 32.5. The average Bonchev–Trinajstić information content (AvgIpc) is 3.09. The molecule has 10 nitrogen and oxygen atoms in total. The summed E-state index contributed by atoms with van der Waals surface area (Å²) >= 11 is 0. The molecule has 0 radical (unpaired) electrons. The lowest BCUT2D eigenvalue weighted by Crippen LogP contribution is -2.53. The quantitative estimate of drug-likeness (QED) is 0.511. The Labute approximate surface area is 131 Å². The van der Waals surface area contributed by atoms with E-state index >= 15 is 0 Å². The SMILES string of the molecule is COC(C)[C@@]1(n2cnc3c(N)ncnc32)O[C@H](CO)[C@@H](O)[C@H]1O. The van der Waals surface area contributed by atoms with Crippen molar-refractivity contribution in [2.75, 3.05) is 19.5 Å². The van der Waals surface area contributed by atoms with Crippen molar-refractivity contribution in [3.05, 3.63) is 12.7 Å². The molecule has 126 valence electrons. The molecule has 5 atom stereocenters. The summed E-state index contributed by atoms with van der Waals surface area (Å²) in [5, 5.41) is 30.2. The second-order valence-corrected chi connectivity index (χ2v) is 5.45. The number of imidazole rings is 1. The predicted molar refractivity (Wildman–Crippen MR) is 78.2 cm³/mol. The Bertz CT molecular complexity index is 709. The van der Waals surface area contributed by atoms with Crippen molar-refractivity contribution in [3.8, 4) is 0 Å². The minimum absolute atomic E-state index is 0.181. The molecule has 10 heteroatoms. The minimum atomic E-state index is -1.52. The molecule has 23 heavy (non-hydrogen) atoms. The van der Waals surface area contributed by atoms with Gasteiger partial charge < -0.3 is 30.5 Å². The topological polar surface area (TPSA) is 149 Å². The first-order valence-corrected chi connectivity index (χ1v) is 7.09. The Morgan fingerprint density at radius 3 is 2.78 bits per heavy atom. The standard InChI is InChI=1S/C13H19N5O5/c1-6(22-2)13(10(21)9(20)7(3-19)23-13)18-5-17-8-11(14)15-4-16-12(8)18/h4-7,9-10,19-21H,3H2,1-2H3,(H2,14,15,16)/t6?,7-,9-,10-,13-/m1/s1. The number of rotatable bonds is 4. The van der Waals surface area contributed by atoms with E-state index in [0.29, 0.717) is 11.2 Å². The highest BCUT2D eigenvalue weighted by Gasteiger charge is 2.59. The minimum Gasteiger partial charge on any atom is -0.394 e. The maximum Gasteiger partial charge on any atom is 0.202 e. The van der Waals surface area contributed by atoms with Gasteiger partial charge in [-0.2, -0.15) is 0 Å². The van der Waals surface area contributed by atoms with E-state index in [4.69, 9.17) is 15.2 Å². The first-order valence-electron chi connectivity index (χ1n) is 7.09. The number of hydrogen-bond acceptors (Lipinski definition) is 9. The summed E-state index contributed by atoms with van der Waals surface area (Å²) in [5.41, 5.74) is 4.93. The zero-order chi connectivity index (χ0) is 16.8. The van der Waals surface area contributed by atoms with Crippen LogP contribution in [-0.4, -0.2) is 73.0 Å². The summed E-state index contributed by atoms with van der Waals surface area (Å²) < 4.78 is 12.6. The molecule has 1 fully saturated rings. The van der Waals surface area contributed by atoms with Crippen molar-refractivity contribution >= 4 is 17.0 Å². The number of anilines is 1. The van der Waals surface area contributed by atoms with Gasteiger partial charge >= 0.3 is 0 Å². The molecule has 0 aliphatic carbocycles. The van der Waals surface area contributed by atoms with Gasteiger partial charge in [-0.05, 0) is 6.92 Å². The number of hydrogen-bond donors (Lipinski definition) is 4. The summed E-state index contributed by atoms with van der Waals surface area (Å²) in [4.78, 5) is 12.2. The van der Waals surface area contributed by atoms with Crippen LogP contribution >= 0.6 is 0 Å². The number of aliphatic hydroxyl groups excluding tert-OH is 3. The van der Waals surface area contributed by atoms with E-state index in [1.165, 1.54) is 24.3 Å². The number of methoxy groups -OCH3 is 1. The van der Waals surface area contributed by atoms with Crippen molar-refractivity contribution in [1.29, 1.82) is 0 Å².